The van der Waals surface area contributed by atoms with Crippen molar-refractivity contribution in [3.05, 3.63) is 57.1 Å². The van der Waals surface area contributed by atoms with Crippen molar-refractivity contribution in [2.45, 2.75) is 13.8 Å². The first kappa shape index (κ1) is 17.3. The number of hydrogen-bond acceptors (Lipinski definition) is 5. The first-order valence-corrected chi connectivity index (χ1v) is 7.16. The Labute approximate surface area is 139 Å². The lowest BCUT2D eigenvalue weighted by Crippen LogP contribution is -2.13. The molecular formula is C17H18N2O5. The third kappa shape index (κ3) is 3.45. The second-order valence-corrected chi connectivity index (χ2v) is 5.23. The number of benzene rings is 2. The summed E-state index contributed by atoms with van der Waals surface area (Å²) in [6.45, 7) is 3.43. The van der Waals surface area contributed by atoms with Gasteiger partial charge in [0.05, 0.1) is 19.1 Å². The molecule has 0 atom stereocenters. The van der Waals surface area contributed by atoms with Gasteiger partial charge in [0, 0.05) is 28.9 Å². The average molecular weight is 330 g/mol. The van der Waals surface area contributed by atoms with E-state index < -0.39 is 4.92 Å². The van der Waals surface area contributed by atoms with E-state index in [2.05, 4.69) is 5.32 Å². The number of rotatable bonds is 5. The standard InChI is InChI=1S/C17H18N2O5/c1-10-8-15(23-3)16(24-4)9-13(10)18-17(20)12-5-6-14(19(21)22)11(2)7-12/h5-9H,1-4H3,(H,18,20). The van der Waals surface area contributed by atoms with Crippen molar-refractivity contribution in [3.63, 3.8) is 0 Å². The summed E-state index contributed by atoms with van der Waals surface area (Å²) in [6.07, 6.45) is 0. The summed E-state index contributed by atoms with van der Waals surface area (Å²) in [5.74, 6) is 0.709. The number of hydrogen-bond donors (Lipinski definition) is 1. The van der Waals surface area contributed by atoms with Crippen LogP contribution in [0, 0.1) is 24.0 Å². The molecule has 1 amide bonds. The Kier molecular flexibility index (Phi) is 5.03. The van der Waals surface area contributed by atoms with Crippen LogP contribution < -0.4 is 14.8 Å². The van der Waals surface area contributed by atoms with Gasteiger partial charge in [0.2, 0.25) is 0 Å². The van der Waals surface area contributed by atoms with Gasteiger partial charge in [0.15, 0.2) is 11.5 Å². The number of aryl methyl sites for hydroxylation is 2. The van der Waals surface area contributed by atoms with Gasteiger partial charge in [0.1, 0.15) is 0 Å². The molecule has 0 unspecified atom stereocenters. The second-order valence-electron chi connectivity index (χ2n) is 5.23. The molecule has 0 spiro atoms. The fourth-order valence-corrected chi connectivity index (χ4v) is 2.31. The number of amides is 1. The third-order valence-electron chi connectivity index (χ3n) is 3.63. The lowest BCUT2D eigenvalue weighted by Gasteiger charge is -2.14. The second kappa shape index (κ2) is 6.99. The molecule has 0 fully saturated rings. The molecule has 0 aromatic heterocycles. The molecule has 0 heterocycles. The van der Waals surface area contributed by atoms with Crippen LogP contribution in [0.25, 0.3) is 0 Å². The predicted molar refractivity (Wildman–Crippen MR) is 90.1 cm³/mol. The summed E-state index contributed by atoms with van der Waals surface area (Å²) >= 11 is 0. The number of nitro groups is 1. The van der Waals surface area contributed by atoms with Crippen molar-refractivity contribution < 1.29 is 19.2 Å². The van der Waals surface area contributed by atoms with E-state index in [0.29, 0.717) is 28.3 Å². The van der Waals surface area contributed by atoms with Gasteiger partial charge in [-0.25, -0.2) is 0 Å². The van der Waals surface area contributed by atoms with E-state index in [1.807, 2.05) is 6.92 Å². The number of nitro benzene ring substituents is 1. The van der Waals surface area contributed by atoms with Crippen LogP contribution in [-0.4, -0.2) is 25.1 Å². The summed E-state index contributed by atoms with van der Waals surface area (Å²) in [7, 11) is 3.05. The minimum absolute atomic E-state index is 0.0196. The molecule has 0 bridgehead atoms. The Morgan fingerprint density at radius 1 is 1.04 bits per heavy atom. The van der Waals surface area contributed by atoms with Crippen molar-refractivity contribution in [2.75, 3.05) is 19.5 Å². The van der Waals surface area contributed by atoms with Gasteiger partial charge in [-0.3, -0.25) is 14.9 Å². The highest BCUT2D eigenvalue weighted by Gasteiger charge is 2.16. The lowest BCUT2D eigenvalue weighted by atomic mass is 10.1. The van der Waals surface area contributed by atoms with Crippen LogP contribution in [0.5, 0.6) is 11.5 Å². The minimum atomic E-state index is -0.477. The molecule has 0 aliphatic carbocycles. The zero-order valence-electron chi connectivity index (χ0n) is 13.9. The number of methoxy groups -OCH3 is 2. The van der Waals surface area contributed by atoms with Gasteiger partial charge in [-0.2, -0.15) is 0 Å². The summed E-state index contributed by atoms with van der Waals surface area (Å²) in [5.41, 5.74) is 2.13. The monoisotopic (exact) mass is 330 g/mol. The first-order chi connectivity index (χ1) is 11.4. The van der Waals surface area contributed by atoms with Gasteiger partial charge < -0.3 is 14.8 Å². The molecule has 0 saturated heterocycles. The van der Waals surface area contributed by atoms with Crippen LogP contribution in [0.15, 0.2) is 30.3 Å². The highest BCUT2D eigenvalue weighted by Crippen LogP contribution is 2.33. The first-order valence-electron chi connectivity index (χ1n) is 7.16. The molecule has 24 heavy (non-hydrogen) atoms. The van der Waals surface area contributed by atoms with Crippen LogP contribution in [0.2, 0.25) is 0 Å². The smallest absolute Gasteiger partial charge is 0.272 e. The Hall–Kier alpha value is -3.09. The topological polar surface area (TPSA) is 90.7 Å². The maximum Gasteiger partial charge on any atom is 0.272 e. The summed E-state index contributed by atoms with van der Waals surface area (Å²) in [5, 5.41) is 13.6. The van der Waals surface area contributed by atoms with Crippen molar-refractivity contribution in [1.29, 1.82) is 0 Å². The Bertz CT molecular complexity index is 802. The zero-order chi connectivity index (χ0) is 17.9. The van der Waals surface area contributed by atoms with E-state index in [9.17, 15) is 14.9 Å². The van der Waals surface area contributed by atoms with Crippen molar-refractivity contribution >= 4 is 17.3 Å². The van der Waals surface area contributed by atoms with E-state index in [-0.39, 0.29) is 11.6 Å². The van der Waals surface area contributed by atoms with Crippen molar-refractivity contribution in [3.8, 4) is 11.5 Å². The van der Waals surface area contributed by atoms with Gasteiger partial charge in [-0.15, -0.1) is 0 Å². The molecule has 7 heteroatoms. The predicted octanol–water partition coefficient (Wildman–Crippen LogP) is 3.48. The van der Waals surface area contributed by atoms with E-state index in [1.54, 1.807) is 19.1 Å². The fraction of sp³-hybridized carbons (Fsp3) is 0.235. The van der Waals surface area contributed by atoms with E-state index in [1.165, 1.54) is 32.4 Å². The Morgan fingerprint density at radius 3 is 2.21 bits per heavy atom. The SMILES string of the molecule is COc1cc(C)c(NC(=O)c2ccc([N+](=O)[O-])c(C)c2)cc1OC. The molecule has 126 valence electrons. The minimum Gasteiger partial charge on any atom is -0.493 e. The van der Waals surface area contributed by atoms with Gasteiger partial charge in [-0.1, -0.05) is 0 Å². The summed E-state index contributed by atoms with van der Waals surface area (Å²) in [6, 6.07) is 7.67. The number of ether oxygens (including phenoxy) is 2. The molecule has 0 aliphatic heterocycles. The highest BCUT2D eigenvalue weighted by molar-refractivity contribution is 6.05. The molecule has 2 aromatic rings. The number of carbonyl (C=O) groups excluding carboxylic acids is 1. The molecular weight excluding hydrogens is 312 g/mol. The fourth-order valence-electron chi connectivity index (χ4n) is 2.31. The third-order valence-corrected chi connectivity index (χ3v) is 3.63. The van der Waals surface area contributed by atoms with Crippen molar-refractivity contribution in [2.24, 2.45) is 0 Å². The number of anilines is 1. The highest BCUT2D eigenvalue weighted by atomic mass is 16.6. The maximum absolute atomic E-state index is 12.4. The van der Waals surface area contributed by atoms with Crippen LogP contribution in [0.4, 0.5) is 11.4 Å². The van der Waals surface area contributed by atoms with Crippen LogP contribution in [0.3, 0.4) is 0 Å². The van der Waals surface area contributed by atoms with E-state index >= 15 is 0 Å². The van der Waals surface area contributed by atoms with Crippen LogP contribution >= 0.6 is 0 Å². The average Bonchev–Trinajstić information content (AvgIpc) is 2.55. The van der Waals surface area contributed by atoms with Crippen LogP contribution in [0.1, 0.15) is 21.5 Å². The zero-order valence-corrected chi connectivity index (χ0v) is 13.9. The Morgan fingerprint density at radius 2 is 1.67 bits per heavy atom. The van der Waals surface area contributed by atoms with Crippen LogP contribution in [-0.2, 0) is 0 Å². The molecule has 0 aliphatic rings. The van der Waals surface area contributed by atoms with Gasteiger partial charge in [-0.05, 0) is 37.6 Å². The summed E-state index contributed by atoms with van der Waals surface area (Å²) in [4.78, 5) is 22.8. The largest absolute Gasteiger partial charge is 0.493 e. The summed E-state index contributed by atoms with van der Waals surface area (Å²) < 4.78 is 10.4. The maximum atomic E-state index is 12.4. The molecule has 7 nitrogen and oxygen atoms in total. The lowest BCUT2D eigenvalue weighted by molar-refractivity contribution is -0.385. The molecule has 2 aromatic carbocycles. The molecule has 0 saturated carbocycles. The van der Waals surface area contributed by atoms with Gasteiger partial charge in [0.25, 0.3) is 11.6 Å². The van der Waals surface area contributed by atoms with Crippen molar-refractivity contribution in [1.82, 2.24) is 0 Å². The number of nitrogens with zero attached hydrogens (tertiary/aromatic N) is 1. The van der Waals surface area contributed by atoms with Gasteiger partial charge >= 0.3 is 0 Å². The number of nitrogens with one attached hydrogen (secondary N) is 1. The number of carbonyl (C=O) groups is 1. The van der Waals surface area contributed by atoms with E-state index in [4.69, 9.17) is 9.47 Å². The van der Waals surface area contributed by atoms with E-state index in [0.717, 1.165) is 5.56 Å². The Balaban J connectivity index is 2.30. The molecule has 1 N–H and O–H groups in total. The normalized spacial score (nSPS) is 10.2. The molecule has 0 radical (unpaired) electrons. The molecule has 2 rings (SSSR count). The quantitative estimate of drug-likeness (QED) is 0.669.